The highest BCUT2D eigenvalue weighted by molar-refractivity contribution is 14.1. The fourth-order valence-electron chi connectivity index (χ4n) is 1.38. The van der Waals surface area contributed by atoms with Crippen molar-refractivity contribution in [3.63, 3.8) is 0 Å². The fourth-order valence-corrected chi connectivity index (χ4v) is 1.85. The third-order valence-corrected chi connectivity index (χ3v) is 2.78. The highest BCUT2D eigenvalue weighted by atomic mass is 127. The molecule has 1 rings (SSSR count). The molecule has 82 valence electrons. The molecule has 0 aliphatic carbocycles. The monoisotopic (exact) mass is 316 g/mol. The van der Waals surface area contributed by atoms with E-state index in [0.717, 1.165) is 5.75 Å². The fraction of sp³-hybridized carbons (Fsp3) is 0.385. The first kappa shape index (κ1) is 12.6. The second-order valence-corrected chi connectivity index (χ2v) is 5.74. The van der Waals surface area contributed by atoms with Gasteiger partial charge < -0.3 is 4.74 Å². The Morgan fingerprint density at radius 1 is 1.40 bits per heavy atom. The Morgan fingerprint density at radius 2 is 2.07 bits per heavy atom. The zero-order valence-corrected chi connectivity index (χ0v) is 11.7. The van der Waals surface area contributed by atoms with Crippen molar-refractivity contribution in [1.82, 2.24) is 0 Å². The molecule has 0 heterocycles. The lowest BCUT2D eigenvalue weighted by Gasteiger charge is -2.22. The third-order valence-electron chi connectivity index (χ3n) is 2.11. The quantitative estimate of drug-likeness (QED) is 0.601. The van der Waals surface area contributed by atoms with Crippen molar-refractivity contribution in [3.8, 4) is 5.75 Å². The number of hydrogen-bond donors (Lipinski definition) is 0. The van der Waals surface area contributed by atoms with E-state index in [2.05, 4.69) is 68.1 Å². The summed E-state index contributed by atoms with van der Waals surface area (Å²) in [7, 11) is 0. The van der Waals surface area contributed by atoms with E-state index < -0.39 is 0 Å². The molecular formula is C13H17IO. The molecule has 0 aromatic heterocycles. The van der Waals surface area contributed by atoms with Crippen LogP contribution in [-0.2, 0) is 5.41 Å². The summed E-state index contributed by atoms with van der Waals surface area (Å²) in [4.78, 5) is 0. The molecule has 0 amide bonds. The summed E-state index contributed by atoms with van der Waals surface area (Å²) in [6.07, 6.45) is 1.77. The SMILES string of the molecule is C=CCOc1cc(I)ccc1C(C)(C)C. The lowest BCUT2D eigenvalue weighted by molar-refractivity contribution is 0.351. The first-order chi connectivity index (χ1) is 6.95. The summed E-state index contributed by atoms with van der Waals surface area (Å²) >= 11 is 2.30. The molecule has 0 aliphatic heterocycles. The summed E-state index contributed by atoms with van der Waals surface area (Å²) in [5.41, 5.74) is 1.35. The van der Waals surface area contributed by atoms with E-state index in [1.807, 2.05) is 0 Å². The van der Waals surface area contributed by atoms with Crippen LogP contribution in [0.15, 0.2) is 30.9 Å². The van der Waals surface area contributed by atoms with E-state index in [1.54, 1.807) is 6.08 Å². The Kier molecular flexibility index (Phi) is 4.20. The smallest absolute Gasteiger partial charge is 0.124 e. The molecule has 0 fully saturated rings. The first-order valence-electron chi connectivity index (χ1n) is 4.99. The molecule has 0 aliphatic rings. The Balaban J connectivity index is 3.08. The van der Waals surface area contributed by atoms with Gasteiger partial charge in [-0.05, 0) is 45.7 Å². The molecular weight excluding hydrogens is 299 g/mol. The Hall–Kier alpha value is -0.510. The molecule has 1 aromatic carbocycles. The van der Waals surface area contributed by atoms with Crippen LogP contribution in [0.25, 0.3) is 0 Å². The van der Waals surface area contributed by atoms with E-state index in [4.69, 9.17) is 4.74 Å². The Bertz CT molecular complexity index is 350. The molecule has 0 bridgehead atoms. The maximum absolute atomic E-state index is 5.67. The second kappa shape index (κ2) is 5.01. The van der Waals surface area contributed by atoms with Crippen LogP contribution in [0.2, 0.25) is 0 Å². The van der Waals surface area contributed by atoms with Gasteiger partial charge in [0.15, 0.2) is 0 Å². The second-order valence-electron chi connectivity index (χ2n) is 4.49. The number of halogens is 1. The van der Waals surface area contributed by atoms with Crippen molar-refractivity contribution in [2.45, 2.75) is 26.2 Å². The summed E-state index contributed by atoms with van der Waals surface area (Å²) in [6.45, 7) is 10.8. The zero-order valence-electron chi connectivity index (χ0n) is 9.51. The molecule has 1 nitrogen and oxygen atoms in total. The van der Waals surface area contributed by atoms with Gasteiger partial charge in [0.05, 0.1) is 0 Å². The molecule has 1 aromatic rings. The van der Waals surface area contributed by atoms with Crippen molar-refractivity contribution >= 4 is 22.6 Å². The molecule has 0 unspecified atom stereocenters. The van der Waals surface area contributed by atoms with E-state index in [1.165, 1.54) is 9.13 Å². The first-order valence-corrected chi connectivity index (χ1v) is 6.07. The van der Waals surface area contributed by atoms with Gasteiger partial charge in [-0.1, -0.05) is 39.5 Å². The average molecular weight is 316 g/mol. The van der Waals surface area contributed by atoms with Gasteiger partial charge in [0.1, 0.15) is 12.4 Å². The summed E-state index contributed by atoms with van der Waals surface area (Å²) in [5.74, 6) is 0.967. The normalized spacial score (nSPS) is 11.2. The van der Waals surface area contributed by atoms with Crippen LogP contribution >= 0.6 is 22.6 Å². The minimum absolute atomic E-state index is 0.112. The highest BCUT2D eigenvalue weighted by Crippen LogP contribution is 2.32. The standard InChI is InChI=1S/C13H17IO/c1-5-8-15-12-9-10(14)6-7-11(12)13(2,3)4/h5-7,9H,1,8H2,2-4H3. The predicted octanol–water partition coefficient (Wildman–Crippen LogP) is 4.15. The van der Waals surface area contributed by atoms with E-state index in [0.29, 0.717) is 6.61 Å². The predicted molar refractivity (Wildman–Crippen MR) is 73.6 cm³/mol. The lowest BCUT2D eigenvalue weighted by atomic mass is 9.86. The molecule has 0 radical (unpaired) electrons. The van der Waals surface area contributed by atoms with Crippen molar-refractivity contribution in [3.05, 3.63) is 40.0 Å². The Labute approximate surface area is 106 Å². The van der Waals surface area contributed by atoms with Crippen LogP contribution < -0.4 is 4.74 Å². The van der Waals surface area contributed by atoms with Gasteiger partial charge in [-0.2, -0.15) is 0 Å². The average Bonchev–Trinajstić information content (AvgIpc) is 2.12. The number of rotatable bonds is 3. The van der Waals surface area contributed by atoms with Crippen LogP contribution in [-0.4, -0.2) is 6.61 Å². The Morgan fingerprint density at radius 3 is 2.60 bits per heavy atom. The zero-order chi connectivity index (χ0) is 11.5. The van der Waals surface area contributed by atoms with Gasteiger partial charge in [-0.3, -0.25) is 0 Å². The number of hydrogen-bond acceptors (Lipinski definition) is 1. The van der Waals surface area contributed by atoms with Gasteiger partial charge >= 0.3 is 0 Å². The molecule has 0 saturated heterocycles. The molecule has 0 saturated carbocycles. The third kappa shape index (κ3) is 3.52. The van der Waals surface area contributed by atoms with E-state index >= 15 is 0 Å². The van der Waals surface area contributed by atoms with Crippen molar-refractivity contribution in [2.75, 3.05) is 6.61 Å². The maximum atomic E-state index is 5.67. The van der Waals surface area contributed by atoms with Gasteiger partial charge in [0.2, 0.25) is 0 Å². The molecule has 0 atom stereocenters. The van der Waals surface area contributed by atoms with E-state index in [-0.39, 0.29) is 5.41 Å². The minimum atomic E-state index is 0.112. The van der Waals surface area contributed by atoms with Gasteiger partial charge in [-0.15, -0.1) is 0 Å². The summed E-state index contributed by atoms with van der Waals surface area (Å²) < 4.78 is 6.86. The lowest BCUT2D eigenvalue weighted by Crippen LogP contribution is -2.13. The molecule has 2 heteroatoms. The molecule has 0 spiro atoms. The van der Waals surface area contributed by atoms with Gasteiger partial charge in [0.25, 0.3) is 0 Å². The van der Waals surface area contributed by atoms with Crippen LogP contribution in [0.4, 0.5) is 0 Å². The van der Waals surface area contributed by atoms with Crippen LogP contribution in [0.3, 0.4) is 0 Å². The largest absolute Gasteiger partial charge is 0.489 e. The van der Waals surface area contributed by atoms with Crippen molar-refractivity contribution in [1.29, 1.82) is 0 Å². The van der Waals surface area contributed by atoms with Gasteiger partial charge in [-0.25, -0.2) is 0 Å². The summed E-state index contributed by atoms with van der Waals surface area (Å²) in [6, 6.07) is 6.33. The van der Waals surface area contributed by atoms with Gasteiger partial charge in [0, 0.05) is 3.57 Å². The van der Waals surface area contributed by atoms with Crippen LogP contribution in [0, 0.1) is 3.57 Å². The van der Waals surface area contributed by atoms with Crippen molar-refractivity contribution < 1.29 is 4.74 Å². The topological polar surface area (TPSA) is 9.23 Å². The maximum Gasteiger partial charge on any atom is 0.124 e. The summed E-state index contributed by atoms with van der Waals surface area (Å²) in [5, 5.41) is 0. The van der Waals surface area contributed by atoms with Crippen LogP contribution in [0.1, 0.15) is 26.3 Å². The van der Waals surface area contributed by atoms with Crippen LogP contribution in [0.5, 0.6) is 5.75 Å². The molecule has 15 heavy (non-hydrogen) atoms. The van der Waals surface area contributed by atoms with Crippen molar-refractivity contribution in [2.24, 2.45) is 0 Å². The highest BCUT2D eigenvalue weighted by Gasteiger charge is 2.18. The number of ether oxygens (including phenoxy) is 1. The minimum Gasteiger partial charge on any atom is -0.489 e. The molecule has 0 N–H and O–H groups in total. The number of benzene rings is 1. The van der Waals surface area contributed by atoms with E-state index in [9.17, 15) is 0 Å².